The van der Waals surface area contributed by atoms with Crippen LogP contribution in [-0.4, -0.2) is 6.61 Å². The van der Waals surface area contributed by atoms with E-state index < -0.39 is 0 Å². The molecule has 2 nitrogen and oxygen atoms in total. The lowest BCUT2D eigenvalue weighted by molar-refractivity contribution is 0.0717. The highest BCUT2D eigenvalue weighted by atomic mass is 35.5. The monoisotopic (exact) mass is 316 g/mol. The number of para-hydroxylation sites is 1. The number of benzene rings is 2. The summed E-state index contributed by atoms with van der Waals surface area (Å²) < 4.78 is 11.6. The Bertz CT molecular complexity index is 606. The second-order valence-corrected chi connectivity index (χ2v) is 6.09. The van der Waals surface area contributed by atoms with Crippen molar-refractivity contribution in [3.05, 3.63) is 71.8 Å². The Morgan fingerprint density at radius 2 is 1.73 bits per heavy atom. The van der Waals surface area contributed by atoms with Crippen LogP contribution in [0, 0.1) is 5.41 Å². The summed E-state index contributed by atoms with van der Waals surface area (Å²) in [5, 5.41) is 0. The van der Waals surface area contributed by atoms with Crippen molar-refractivity contribution >= 4 is 11.6 Å². The molecule has 0 saturated carbocycles. The topological polar surface area (TPSA) is 18.5 Å². The molecule has 0 bridgehead atoms. The molecule has 0 fully saturated rings. The molecule has 0 saturated heterocycles. The van der Waals surface area contributed by atoms with Crippen molar-refractivity contribution in [3.63, 3.8) is 0 Å². The largest absolute Gasteiger partial charge is 0.457 e. The highest BCUT2D eigenvalue weighted by Crippen LogP contribution is 2.23. The highest BCUT2D eigenvalue weighted by molar-refractivity contribution is 6.25. The fraction of sp³-hybridized carbons (Fsp3) is 0.263. The van der Waals surface area contributed by atoms with E-state index in [0.29, 0.717) is 13.2 Å². The molecule has 0 aliphatic rings. The van der Waals surface area contributed by atoms with Gasteiger partial charge in [-0.05, 0) is 29.8 Å². The molecule has 0 radical (unpaired) electrons. The Morgan fingerprint density at radius 3 is 2.45 bits per heavy atom. The van der Waals surface area contributed by atoms with Crippen LogP contribution in [0.1, 0.15) is 19.4 Å². The smallest absolute Gasteiger partial charge is 0.127 e. The second kappa shape index (κ2) is 8.02. The molecule has 2 rings (SSSR count). The summed E-state index contributed by atoms with van der Waals surface area (Å²) in [6, 6.07) is 17.7. The molecule has 0 spiro atoms. The van der Waals surface area contributed by atoms with Gasteiger partial charge in [-0.25, -0.2) is 0 Å². The van der Waals surface area contributed by atoms with Gasteiger partial charge in [0.15, 0.2) is 0 Å². The van der Waals surface area contributed by atoms with Crippen LogP contribution >= 0.6 is 11.6 Å². The molecule has 0 aromatic heterocycles. The van der Waals surface area contributed by atoms with E-state index in [9.17, 15) is 0 Å². The first-order chi connectivity index (χ1) is 10.6. The first-order valence-corrected chi connectivity index (χ1v) is 7.70. The third kappa shape index (κ3) is 5.55. The van der Waals surface area contributed by atoms with E-state index in [0.717, 1.165) is 17.1 Å². The molecule has 2 aromatic rings. The molecular weight excluding hydrogens is 296 g/mol. The zero-order valence-corrected chi connectivity index (χ0v) is 13.7. The minimum absolute atomic E-state index is 0.0695. The molecule has 22 heavy (non-hydrogen) atoms. The molecule has 0 aliphatic heterocycles. The summed E-state index contributed by atoms with van der Waals surface area (Å²) in [6.45, 7) is 5.33. The Labute approximate surface area is 137 Å². The second-order valence-electron chi connectivity index (χ2n) is 5.84. The maximum atomic E-state index is 5.82. The Balaban J connectivity index is 1.92. The number of rotatable bonds is 7. The number of hydrogen-bond donors (Lipinski definition) is 0. The van der Waals surface area contributed by atoms with Crippen molar-refractivity contribution in [2.45, 2.75) is 20.5 Å². The van der Waals surface area contributed by atoms with Crippen LogP contribution in [0.5, 0.6) is 11.5 Å². The number of hydrogen-bond acceptors (Lipinski definition) is 2. The molecule has 0 atom stereocenters. The lowest BCUT2D eigenvalue weighted by atomic mass is 9.95. The quantitative estimate of drug-likeness (QED) is 0.645. The molecule has 0 amide bonds. The van der Waals surface area contributed by atoms with E-state index in [-0.39, 0.29) is 5.41 Å². The molecule has 0 aliphatic carbocycles. The van der Waals surface area contributed by atoms with Gasteiger partial charge in [-0.1, -0.05) is 61.9 Å². The van der Waals surface area contributed by atoms with Crippen LogP contribution in [0.3, 0.4) is 0 Å². The molecule has 0 N–H and O–H groups in total. The van der Waals surface area contributed by atoms with Crippen molar-refractivity contribution < 1.29 is 9.47 Å². The van der Waals surface area contributed by atoms with Gasteiger partial charge in [-0.15, -0.1) is 0 Å². The molecule has 2 aromatic carbocycles. The average Bonchev–Trinajstić information content (AvgIpc) is 2.48. The maximum absolute atomic E-state index is 5.82. The maximum Gasteiger partial charge on any atom is 0.127 e. The number of halogens is 1. The minimum Gasteiger partial charge on any atom is -0.457 e. The molecular formula is C19H21ClO2. The van der Waals surface area contributed by atoms with Gasteiger partial charge in [0.1, 0.15) is 11.5 Å². The summed E-state index contributed by atoms with van der Waals surface area (Å²) in [5.74, 6) is 1.64. The van der Waals surface area contributed by atoms with Gasteiger partial charge in [0, 0.05) is 11.0 Å². The van der Waals surface area contributed by atoms with E-state index in [1.807, 2.05) is 60.7 Å². The van der Waals surface area contributed by atoms with Crippen molar-refractivity contribution in [2.75, 3.05) is 6.61 Å². The van der Waals surface area contributed by atoms with Crippen LogP contribution < -0.4 is 4.74 Å². The fourth-order valence-electron chi connectivity index (χ4n) is 1.97. The predicted molar refractivity (Wildman–Crippen MR) is 91.4 cm³/mol. The first-order valence-electron chi connectivity index (χ1n) is 7.26. The fourth-order valence-corrected chi connectivity index (χ4v) is 2.32. The SMILES string of the molecule is CC(C)(C=CCl)COCc1cccc(Oc2ccccc2)c1. The standard InChI is InChI=1S/C19H21ClO2/c1-19(2,11-12-20)15-21-14-16-7-6-10-18(13-16)22-17-8-4-3-5-9-17/h3-13H,14-15H2,1-2H3. The third-order valence-electron chi connectivity index (χ3n) is 3.13. The minimum atomic E-state index is -0.0695. The molecule has 116 valence electrons. The molecule has 0 heterocycles. The van der Waals surface area contributed by atoms with Gasteiger partial charge in [-0.2, -0.15) is 0 Å². The summed E-state index contributed by atoms with van der Waals surface area (Å²) in [4.78, 5) is 0. The van der Waals surface area contributed by atoms with Crippen molar-refractivity contribution in [1.82, 2.24) is 0 Å². The van der Waals surface area contributed by atoms with Crippen LogP contribution in [-0.2, 0) is 11.3 Å². The van der Waals surface area contributed by atoms with Gasteiger partial charge >= 0.3 is 0 Å². The van der Waals surface area contributed by atoms with E-state index in [2.05, 4.69) is 13.8 Å². The molecule has 0 unspecified atom stereocenters. The number of ether oxygens (including phenoxy) is 2. The van der Waals surface area contributed by atoms with Crippen LogP contribution in [0.2, 0.25) is 0 Å². The normalized spacial score (nSPS) is 11.8. The van der Waals surface area contributed by atoms with E-state index in [1.54, 1.807) is 0 Å². The van der Waals surface area contributed by atoms with Crippen LogP contribution in [0.25, 0.3) is 0 Å². The Morgan fingerprint density at radius 1 is 1.00 bits per heavy atom. The van der Waals surface area contributed by atoms with Gasteiger partial charge in [0.25, 0.3) is 0 Å². The average molecular weight is 317 g/mol. The van der Waals surface area contributed by atoms with E-state index in [1.165, 1.54) is 5.54 Å². The van der Waals surface area contributed by atoms with Gasteiger partial charge in [-0.3, -0.25) is 0 Å². The van der Waals surface area contributed by atoms with Gasteiger partial charge in [0.2, 0.25) is 0 Å². The lowest BCUT2D eigenvalue weighted by Crippen LogP contribution is -2.16. The zero-order chi connectivity index (χ0) is 15.8. The predicted octanol–water partition coefficient (Wildman–Crippen LogP) is 5.77. The summed E-state index contributed by atoms with van der Waals surface area (Å²) >= 11 is 5.63. The highest BCUT2D eigenvalue weighted by Gasteiger charge is 2.13. The van der Waals surface area contributed by atoms with Crippen LogP contribution in [0.15, 0.2) is 66.2 Å². The van der Waals surface area contributed by atoms with E-state index >= 15 is 0 Å². The molecule has 3 heteroatoms. The Kier molecular flexibility index (Phi) is 6.05. The van der Waals surface area contributed by atoms with Crippen LogP contribution in [0.4, 0.5) is 0 Å². The van der Waals surface area contributed by atoms with E-state index in [4.69, 9.17) is 21.1 Å². The summed E-state index contributed by atoms with van der Waals surface area (Å²) in [6.07, 6.45) is 1.93. The lowest BCUT2D eigenvalue weighted by Gasteiger charge is -2.19. The third-order valence-corrected chi connectivity index (χ3v) is 3.26. The Hall–Kier alpha value is -1.77. The zero-order valence-electron chi connectivity index (χ0n) is 13.0. The van der Waals surface area contributed by atoms with Gasteiger partial charge in [0.05, 0.1) is 13.2 Å². The van der Waals surface area contributed by atoms with Gasteiger partial charge < -0.3 is 9.47 Å². The van der Waals surface area contributed by atoms with Crippen molar-refractivity contribution in [1.29, 1.82) is 0 Å². The first kappa shape index (κ1) is 16.6. The summed E-state index contributed by atoms with van der Waals surface area (Å²) in [5.41, 5.74) is 2.55. The summed E-state index contributed by atoms with van der Waals surface area (Å²) in [7, 11) is 0. The van der Waals surface area contributed by atoms with Crippen molar-refractivity contribution in [3.8, 4) is 11.5 Å². The van der Waals surface area contributed by atoms with Crippen molar-refractivity contribution in [2.24, 2.45) is 5.41 Å².